The van der Waals surface area contributed by atoms with E-state index in [9.17, 15) is 30.2 Å². The molecule has 3 aliphatic rings. The summed E-state index contributed by atoms with van der Waals surface area (Å²) in [7, 11) is 1.21. The van der Waals surface area contributed by atoms with Crippen molar-refractivity contribution in [2.75, 3.05) is 27.0 Å². The zero-order valence-electron chi connectivity index (χ0n) is 37.8. The van der Waals surface area contributed by atoms with E-state index in [4.69, 9.17) is 30.4 Å². The molecule has 1 aromatic rings. The number of ether oxygens (including phenoxy) is 4. The number of nitrogens with zero attached hydrogens (tertiary/aromatic N) is 2. The highest BCUT2D eigenvalue weighted by molar-refractivity contribution is 6.10. The summed E-state index contributed by atoms with van der Waals surface area (Å²) in [5.74, 6) is -7.71. The number of hydrogen-bond donors (Lipinski definition) is 7. The summed E-state index contributed by atoms with van der Waals surface area (Å²) in [6.07, 6.45) is 10.4. The van der Waals surface area contributed by atoms with Gasteiger partial charge < -0.3 is 51.0 Å². The molecular weight excluding hydrogens is 799 g/mol. The van der Waals surface area contributed by atoms with Gasteiger partial charge in [0.05, 0.1) is 31.1 Å². The summed E-state index contributed by atoms with van der Waals surface area (Å²) in [4.78, 5) is 43.7. The second-order valence-corrected chi connectivity index (χ2v) is 17.7. The highest BCUT2D eigenvalue weighted by atomic mass is 16.5. The molecule has 9 N–H and O–H groups in total. The van der Waals surface area contributed by atoms with Gasteiger partial charge in [0.15, 0.2) is 22.8 Å². The number of carbonyl (C=O) groups is 3. The second-order valence-electron chi connectivity index (χ2n) is 17.7. The molecule has 1 spiro atoms. The van der Waals surface area contributed by atoms with E-state index in [1.165, 1.54) is 20.1 Å². The number of oxime groups is 2. The minimum absolute atomic E-state index is 0.0162. The van der Waals surface area contributed by atoms with Gasteiger partial charge in [-0.15, -0.1) is 0 Å². The number of aliphatic hydroxyl groups excluding tert-OH is 1. The summed E-state index contributed by atoms with van der Waals surface area (Å²) < 4.78 is 25.9. The average Bonchev–Trinajstić information content (AvgIpc) is 3.21. The van der Waals surface area contributed by atoms with Crippen LogP contribution in [0.4, 0.5) is 0 Å². The van der Waals surface area contributed by atoms with Crippen molar-refractivity contribution in [1.82, 2.24) is 5.32 Å². The van der Waals surface area contributed by atoms with Crippen molar-refractivity contribution in [3.8, 4) is 17.2 Å². The lowest BCUT2D eigenvalue weighted by atomic mass is 9.50. The zero-order chi connectivity index (χ0) is 46.3. The van der Waals surface area contributed by atoms with Crippen LogP contribution in [0.25, 0.3) is 6.08 Å². The van der Waals surface area contributed by atoms with Crippen LogP contribution < -0.4 is 31.0 Å². The third-order valence-electron chi connectivity index (χ3n) is 12.5. The number of amidine groups is 2. The van der Waals surface area contributed by atoms with E-state index < -0.39 is 76.1 Å². The van der Waals surface area contributed by atoms with Gasteiger partial charge in [0.2, 0.25) is 0 Å². The van der Waals surface area contributed by atoms with Crippen LogP contribution in [-0.2, 0) is 20.7 Å². The summed E-state index contributed by atoms with van der Waals surface area (Å²) >= 11 is 0. The van der Waals surface area contributed by atoms with E-state index in [2.05, 4.69) is 21.7 Å². The molecule has 62 heavy (non-hydrogen) atoms. The van der Waals surface area contributed by atoms with Crippen molar-refractivity contribution in [2.45, 2.75) is 118 Å². The number of allylic oxidation sites excluding steroid dienone is 4. The van der Waals surface area contributed by atoms with E-state index in [-0.39, 0.29) is 67.7 Å². The van der Waals surface area contributed by atoms with Crippen molar-refractivity contribution < 1.29 is 54.0 Å². The highest BCUT2D eigenvalue weighted by Crippen LogP contribution is 2.61. The van der Waals surface area contributed by atoms with E-state index in [0.717, 1.165) is 11.1 Å². The number of ketones is 2. The lowest BCUT2D eigenvalue weighted by Crippen LogP contribution is -2.76. The van der Waals surface area contributed by atoms with Gasteiger partial charge in [-0.3, -0.25) is 14.9 Å². The molecule has 1 saturated carbocycles. The fourth-order valence-electron chi connectivity index (χ4n) is 9.33. The number of carbonyl (C=O) groups excluding carboxylic acids is 3. The van der Waals surface area contributed by atoms with Crippen LogP contribution in [0.1, 0.15) is 116 Å². The van der Waals surface area contributed by atoms with Gasteiger partial charge in [-0.1, -0.05) is 60.5 Å². The Morgan fingerprint density at radius 2 is 1.66 bits per heavy atom. The summed E-state index contributed by atoms with van der Waals surface area (Å²) in [5, 5.41) is 52.5. The molecule has 0 amide bonds. The molecule has 342 valence electrons. The number of methoxy groups -OCH3 is 1. The van der Waals surface area contributed by atoms with Gasteiger partial charge in [-0.2, -0.15) is 0 Å². The Morgan fingerprint density at radius 1 is 1.02 bits per heavy atom. The first-order valence-corrected chi connectivity index (χ1v) is 21.2. The third kappa shape index (κ3) is 9.57. The number of rotatable bonds is 18. The number of benzene rings is 1. The zero-order valence-corrected chi connectivity index (χ0v) is 37.8. The highest BCUT2D eigenvalue weighted by Gasteiger charge is 2.72. The summed E-state index contributed by atoms with van der Waals surface area (Å²) in [6, 6.07) is 0. The SMILES string of the molecule is COC(=O)/C(C)=C\CC1(O)C(=O)CCC(C(C)C)C12Oc1c(CC=C(C)C)c3c(c(OCNCCO)c1C(=O)C2C(C)C(/C(N)=N/O)/C(N)=N\O)C=CC(C)(CCC=C(C)C)O3. The Balaban J connectivity index is 2.27. The topological polar surface area (TPSA) is 258 Å². The first kappa shape index (κ1) is 49.5. The molecule has 1 aliphatic carbocycles. The van der Waals surface area contributed by atoms with Gasteiger partial charge >= 0.3 is 5.97 Å². The fraction of sp³-hybridized carbons (Fsp3) is 0.587. The molecule has 0 radical (unpaired) electrons. The standard InChI is InChI=1S/C46H67N5O11/c1-25(2)12-11-19-44(9)20-18-31-38(61-44)30(14-13-26(3)4)40-35(39(31)60-24-49-22-23-52)37(54)36(29(8)34(41(47)50-57)42(48)51-58)46(62-40)32(27(5)6)15-16-33(53)45(46,56)21-17-28(7)43(55)59-10/h12-13,17-18,20,27,29,32,34,36,49,52,56-58H,11,14-16,19,21-24H2,1-10H3,(H2,47,50)(H2,48,51)/b28-17-. The van der Waals surface area contributed by atoms with Crippen LogP contribution in [0.3, 0.4) is 0 Å². The minimum Gasteiger partial charge on any atom is -0.482 e. The summed E-state index contributed by atoms with van der Waals surface area (Å²) in [5.41, 5.74) is 10.2. The molecule has 0 bridgehead atoms. The van der Waals surface area contributed by atoms with Crippen molar-refractivity contribution in [2.24, 2.45) is 51.4 Å². The Labute approximate surface area is 364 Å². The van der Waals surface area contributed by atoms with Crippen LogP contribution in [0.5, 0.6) is 17.2 Å². The lowest BCUT2D eigenvalue weighted by Gasteiger charge is -2.60. The number of Topliss-reactive ketones (excluding diaryl/α,β-unsaturated/α-hetero) is 2. The van der Waals surface area contributed by atoms with Crippen molar-refractivity contribution in [3.63, 3.8) is 0 Å². The smallest absolute Gasteiger partial charge is 0.333 e. The first-order chi connectivity index (χ1) is 29.2. The van der Waals surface area contributed by atoms with E-state index >= 15 is 4.79 Å². The third-order valence-corrected chi connectivity index (χ3v) is 12.5. The molecule has 1 fully saturated rings. The second kappa shape index (κ2) is 20.3. The maximum Gasteiger partial charge on any atom is 0.333 e. The van der Waals surface area contributed by atoms with Crippen LogP contribution in [0.2, 0.25) is 0 Å². The molecule has 7 atom stereocenters. The number of nitrogens with one attached hydrogen (secondary N) is 1. The number of hydrogen-bond acceptors (Lipinski definition) is 14. The predicted octanol–water partition coefficient (Wildman–Crippen LogP) is 5.58. The fourth-order valence-corrected chi connectivity index (χ4v) is 9.33. The van der Waals surface area contributed by atoms with Gasteiger partial charge in [0, 0.05) is 36.4 Å². The monoisotopic (exact) mass is 865 g/mol. The molecular formula is C46H67N5O11. The van der Waals surface area contributed by atoms with Gasteiger partial charge in [-0.05, 0) is 91.2 Å². The molecule has 16 heteroatoms. The molecule has 4 rings (SSSR count). The maximum absolute atomic E-state index is 16.2. The minimum atomic E-state index is -2.50. The molecule has 0 saturated heterocycles. The molecule has 0 aromatic heterocycles. The largest absolute Gasteiger partial charge is 0.482 e. The number of fused-ring (bicyclic) bond motifs is 2. The Hall–Kier alpha value is -5.19. The van der Waals surface area contributed by atoms with Crippen LogP contribution in [0, 0.1) is 29.6 Å². The van der Waals surface area contributed by atoms with Crippen molar-refractivity contribution >= 4 is 35.3 Å². The van der Waals surface area contributed by atoms with Gasteiger partial charge in [-0.25, -0.2) is 4.79 Å². The van der Waals surface area contributed by atoms with Gasteiger partial charge in [0.1, 0.15) is 46.8 Å². The normalized spacial score (nSPS) is 25.9. The van der Waals surface area contributed by atoms with Gasteiger partial charge in [0.25, 0.3) is 0 Å². The predicted molar refractivity (Wildman–Crippen MR) is 235 cm³/mol. The van der Waals surface area contributed by atoms with Crippen LogP contribution in [0.15, 0.2) is 51.3 Å². The average molecular weight is 866 g/mol. The van der Waals surface area contributed by atoms with Crippen molar-refractivity contribution in [1.29, 1.82) is 0 Å². The number of aliphatic hydroxyl groups is 2. The Kier molecular flexibility index (Phi) is 16.2. The molecule has 2 heterocycles. The first-order valence-electron chi connectivity index (χ1n) is 21.2. The maximum atomic E-state index is 16.2. The van der Waals surface area contributed by atoms with E-state index in [0.29, 0.717) is 29.7 Å². The molecule has 1 aromatic carbocycles. The Bertz CT molecular complexity index is 2030. The van der Waals surface area contributed by atoms with Crippen molar-refractivity contribution in [3.05, 3.63) is 57.7 Å². The quantitative estimate of drug-likeness (QED) is 0.0110. The van der Waals surface area contributed by atoms with E-state index in [1.807, 2.05) is 66.7 Å². The Morgan fingerprint density at radius 3 is 2.23 bits per heavy atom. The number of nitrogens with two attached hydrogens (primary N) is 2. The lowest BCUT2D eigenvalue weighted by molar-refractivity contribution is -0.217. The van der Waals surface area contributed by atoms with E-state index in [1.54, 1.807) is 6.92 Å². The molecule has 16 nitrogen and oxygen atoms in total. The molecule has 7 unspecified atom stereocenters. The number of esters is 1. The van der Waals surface area contributed by atoms with Crippen LogP contribution >= 0.6 is 0 Å². The van der Waals surface area contributed by atoms with Crippen LogP contribution in [-0.4, -0.2) is 93.6 Å². The molecule has 2 aliphatic heterocycles. The summed E-state index contributed by atoms with van der Waals surface area (Å²) in [6.45, 7) is 16.6.